The Labute approximate surface area is 90.3 Å². The molecule has 1 heterocycles. The number of rotatable bonds is 3. The fraction of sp³-hybridized carbons (Fsp3) is 0.333. The van der Waals surface area contributed by atoms with Crippen molar-refractivity contribution < 1.29 is 13.5 Å². The van der Waals surface area contributed by atoms with Crippen molar-refractivity contribution in [3.05, 3.63) is 23.0 Å². The van der Waals surface area contributed by atoms with Crippen molar-refractivity contribution in [2.75, 3.05) is 7.11 Å². The van der Waals surface area contributed by atoms with Crippen LogP contribution in [0.3, 0.4) is 0 Å². The molecule has 0 saturated heterocycles. The van der Waals surface area contributed by atoms with Crippen LogP contribution < -0.4 is 4.74 Å². The Hall–Kier alpha value is -1.41. The largest absolute Gasteiger partial charge is 0.493 e. The molecule has 0 radical (unpaired) electrons. The summed E-state index contributed by atoms with van der Waals surface area (Å²) in [5.41, 5.74) is -0.310. The third-order valence-electron chi connectivity index (χ3n) is 1.75. The molecule has 80 valence electrons. The molecule has 0 aliphatic heterocycles. The topological polar surface area (TPSA) is 45.9 Å². The summed E-state index contributed by atoms with van der Waals surface area (Å²) >= 11 is 5.55. The molecule has 1 rings (SSSR count). The molecule has 0 N–H and O–H groups in total. The molecule has 0 fully saturated rings. The van der Waals surface area contributed by atoms with E-state index in [0.717, 1.165) is 6.07 Å². The molecule has 6 heteroatoms. The van der Waals surface area contributed by atoms with Crippen molar-refractivity contribution in [3.8, 4) is 11.8 Å². The van der Waals surface area contributed by atoms with Crippen LogP contribution in [0.2, 0.25) is 0 Å². The van der Waals surface area contributed by atoms with Crippen LogP contribution in [0.15, 0.2) is 6.07 Å². The van der Waals surface area contributed by atoms with Gasteiger partial charge in [0.25, 0.3) is 6.43 Å². The summed E-state index contributed by atoms with van der Waals surface area (Å²) in [5, 5.41) is 8.70. The van der Waals surface area contributed by atoms with Gasteiger partial charge in [-0.1, -0.05) is 0 Å². The average molecular weight is 233 g/mol. The summed E-state index contributed by atoms with van der Waals surface area (Å²) < 4.78 is 29.6. The van der Waals surface area contributed by atoms with Gasteiger partial charge in [0.05, 0.1) is 13.0 Å². The van der Waals surface area contributed by atoms with E-state index in [4.69, 9.17) is 21.6 Å². The minimum Gasteiger partial charge on any atom is -0.493 e. The second-order valence-electron chi connectivity index (χ2n) is 2.63. The predicted octanol–water partition coefficient (Wildman–Crippen LogP) is 2.64. The van der Waals surface area contributed by atoms with E-state index in [9.17, 15) is 8.78 Å². The lowest BCUT2D eigenvalue weighted by molar-refractivity contribution is 0.145. The smallest absolute Gasteiger partial charge is 0.280 e. The van der Waals surface area contributed by atoms with Gasteiger partial charge < -0.3 is 4.74 Å². The van der Waals surface area contributed by atoms with E-state index in [1.54, 1.807) is 6.07 Å². The molecule has 0 aromatic carbocycles. The Kier molecular flexibility index (Phi) is 3.81. The van der Waals surface area contributed by atoms with Crippen LogP contribution in [-0.4, -0.2) is 12.1 Å². The Morgan fingerprint density at radius 3 is 2.73 bits per heavy atom. The lowest BCUT2D eigenvalue weighted by Gasteiger charge is -2.09. The number of aromatic nitrogens is 1. The van der Waals surface area contributed by atoms with Gasteiger partial charge in [0.1, 0.15) is 11.8 Å². The molecule has 1 aromatic heterocycles. The molecular weight excluding hydrogens is 226 g/mol. The highest BCUT2D eigenvalue weighted by Gasteiger charge is 2.17. The van der Waals surface area contributed by atoms with Crippen molar-refractivity contribution in [3.63, 3.8) is 0 Å². The molecule has 0 bridgehead atoms. The number of ether oxygens (including phenoxy) is 1. The van der Waals surface area contributed by atoms with E-state index in [-0.39, 0.29) is 17.3 Å². The molecule has 0 amide bonds. The van der Waals surface area contributed by atoms with Gasteiger partial charge in [-0.25, -0.2) is 13.8 Å². The normalized spacial score (nSPS) is 10.1. The summed E-state index contributed by atoms with van der Waals surface area (Å²) in [6.45, 7) is 0. The Bertz CT molecular complexity index is 404. The number of pyridine rings is 1. The quantitative estimate of drug-likeness (QED) is 0.753. The zero-order chi connectivity index (χ0) is 11.4. The van der Waals surface area contributed by atoms with Crippen LogP contribution in [0, 0.1) is 11.3 Å². The van der Waals surface area contributed by atoms with Gasteiger partial charge in [0.2, 0.25) is 0 Å². The van der Waals surface area contributed by atoms with Crippen molar-refractivity contribution >= 4 is 11.6 Å². The SMILES string of the molecule is COc1c(CCl)cc(C(F)F)nc1C#N. The Morgan fingerprint density at radius 2 is 2.33 bits per heavy atom. The first-order valence-corrected chi connectivity index (χ1v) is 4.49. The van der Waals surface area contributed by atoms with E-state index in [1.165, 1.54) is 7.11 Å². The third-order valence-corrected chi connectivity index (χ3v) is 2.04. The molecule has 0 aliphatic carbocycles. The van der Waals surface area contributed by atoms with E-state index < -0.39 is 12.1 Å². The van der Waals surface area contributed by atoms with Crippen molar-refractivity contribution in [2.45, 2.75) is 12.3 Å². The predicted molar refractivity (Wildman–Crippen MR) is 50.0 cm³/mol. The molecule has 3 nitrogen and oxygen atoms in total. The zero-order valence-electron chi connectivity index (χ0n) is 7.80. The summed E-state index contributed by atoms with van der Waals surface area (Å²) in [6, 6.07) is 2.82. The minimum atomic E-state index is -2.73. The first-order chi connectivity index (χ1) is 7.13. The highest BCUT2D eigenvalue weighted by molar-refractivity contribution is 6.17. The maximum atomic E-state index is 12.4. The molecule has 0 saturated carbocycles. The highest BCUT2D eigenvalue weighted by atomic mass is 35.5. The van der Waals surface area contributed by atoms with Crippen molar-refractivity contribution in [1.29, 1.82) is 5.26 Å². The number of alkyl halides is 3. The monoisotopic (exact) mass is 232 g/mol. The number of methoxy groups -OCH3 is 1. The molecule has 0 spiro atoms. The van der Waals surface area contributed by atoms with Crippen molar-refractivity contribution in [2.24, 2.45) is 0 Å². The molecule has 0 aliphatic rings. The molecule has 1 aromatic rings. The molecule has 0 unspecified atom stereocenters. The summed E-state index contributed by atoms with van der Waals surface area (Å²) in [6.07, 6.45) is -2.73. The molecular formula is C9H7ClF2N2O. The Balaban J connectivity index is 3.37. The molecule has 0 atom stereocenters. The highest BCUT2D eigenvalue weighted by Crippen LogP contribution is 2.28. The zero-order valence-corrected chi connectivity index (χ0v) is 8.55. The lowest BCUT2D eigenvalue weighted by Crippen LogP contribution is -2.01. The van der Waals surface area contributed by atoms with Gasteiger partial charge in [0, 0.05) is 5.56 Å². The maximum Gasteiger partial charge on any atom is 0.280 e. The third kappa shape index (κ3) is 2.34. The summed E-state index contributed by atoms with van der Waals surface area (Å²) in [7, 11) is 1.33. The van der Waals surface area contributed by atoms with Crippen LogP contribution in [0.5, 0.6) is 5.75 Å². The minimum absolute atomic E-state index is 0.0138. The number of hydrogen-bond acceptors (Lipinski definition) is 3. The fourth-order valence-electron chi connectivity index (χ4n) is 1.12. The van der Waals surface area contributed by atoms with Gasteiger partial charge in [-0.15, -0.1) is 11.6 Å². The number of halogens is 3. The maximum absolute atomic E-state index is 12.4. The number of hydrogen-bond donors (Lipinski definition) is 0. The van der Waals surface area contributed by atoms with Crippen LogP contribution in [0.1, 0.15) is 23.4 Å². The number of nitriles is 1. The first-order valence-electron chi connectivity index (χ1n) is 3.96. The van der Waals surface area contributed by atoms with Crippen LogP contribution in [-0.2, 0) is 5.88 Å². The van der Waals surface area contributed by atoms with Gasteiger partial charge in [0.15, 0.2) is 11.4 Å². The average Bonchev–Trinajstić information content (AvgIpc) is 2.26. The second kappa shape index (κ2) is 4.89. The van der Waals surface area contributed by atoms with E-state index >= 15 is 0 Å². The lowest BCUT2D eigenvalue weighted by atomic mass is 10.2. The number of nitrogens with zero attached hydrogens (tertiary/aromatic N) is 2. The van der Waals surface area contributed by atoms with Crippen LogP contribution in [0.25, 0.3) is 0 Å². The standard InChI is InChI=1S/C9H7ClF2N2O/c1-15-8-5(3-10)2-6(9(11)12)14-7(8)4-13/h2,9H,3H2,1H3. The summed E-state index contributed by atoms with van der Waals surface area (Å²) in [5.74, 6) is 0.136. The van der Waals surface area contributed by atoms with Gasteiger partial charge >= 0.3 is 0 Å². The van der Waals surface area contributed by atoms with E-state index in [0.29, 0.717) is 5.56 Å². The second-order valence-corrected chi connectivity index (χ2v) is 2.90. The van der Waals surface area contributed by atoms with E-state index in [1.807, 2.05) is 0 Å². The fourth-order valence-corrected chi connectivity index (χ4v) is 1.32. The van der Waals surface area contributed by atoms with Crippen molar-refractivity contribution in [1.82, 2.24) is 4.98 Å². The van der Waals surface area contributed by atoms with Crippen LogP contribution >= 0.6 is 11.6 Å². The van der Waals surface area contributed by atoms with E-state index in [2.05, 4.69) is 4.98 Å². The van der Waals surface area contributed by atoms with Crippen LogP contribution in [0.4, 0.5) is 8.78 Å². The Morgan fingerprint density at radius 1 is 1.67 bits per heavy atom. The first kappa shape index (κ1) is 11.7. The van der Waals surface area contributed by atoms with Gasteiger partial charge in [-0.3, -0.25) is 0 Å². The molecule has 15 heavy (non-hydrogen) atoms. The summed E-state index contributed by atoms with van der Waals surface area (Å²) in [4.78, 5) is 3.48. The van der Waals surface area contributed by atoms with Gasteiger partial charge in [-0.05, 0) is 6.07 Å². The van der Waals surface area contributed by atoms with Gasteiger partial charge in [-0.2, -0.15) is 5.26 Å².